The molecule has 1 unspecified atom stereocenters. The SMILES string of the molecule is CCCC(=O)N1C(C(=O)O)COC12CCN(Cc1ccccc1)CC2. The quantitative estimate of drug-likeness (QED) is 0.884. The molecular formula is C19H26N2O4. The third-order valence-corrected chi connectivity index (χ3v) is 5.16. The zero-order valence-corrected chi connectivity index (χ0v) is 14.7. The van der Waals surface area contributed by atoms with E-state index in [1.54, 1.807) is 0 Å². The number of carboxylic acid groups (broad SMARTS) is 1. The summed E-state index contributed by atoms with van der Waals surface area (Å²) in [6.45, 7) is 4.46. The van der Waals surface area contributed by atoms with E-state index in [9.17, 15) is 14.7 Å². The number of aliphatic carboxylic acids is 1. The summed E-state index contributed by atoms with van der Waals surface area (Å²) in [5, 5.41) is 9.48. The van der Waals surface area contributed by atoms with Crippen molar-refractivity contribution in [2.24, 2.45) is 0 Å². The van der Waals surface area contributed by atoms with Gasteiger partial charge in [-0.25, -0.2) is 4.79 Å². The molecule has 1 aromatic rings. The van der Waals surface area contributed by atoms with E-state index < -0.39 is 17.7 Å². The molecule has 2 fully saturated rings. The molecule has 1 spiro atoms. The number of nitrogens with zero attached hydrogens (tertiary/aromatic N) is 2. The van der Waals surface area contributed by atoms with E-state index in [1.165, 1.54) is 10.5 Å². The van der Waals surface area contributed by atoms with Gasteiger partial charge in [0.2, 0.25) is 5.91 Å². The summed E-state index contributed by atoms with van der Waals surface area (Å²) in [5.74, 6) is -1.09. The van der Waals surface area contributed by atoms with Gasteiger partial charge in [-0.15, -0.1) is 0 Å². The topological polar surface area (TPSA) is 70.1 Å². The highest BCUT2D eigenvalue weighted by Gasteiger charge is 2.53. The molecule has 0 bridgehead atoms. The fourth-order valence-corrected chi connectivity index (χ4v) is 3.87. The predicted octanol–water partition coefficient (Wildman–Crippen LogP) is 2.09. The van der Waals surface area contributed by atoms with Crippen LogP contribution in [0.4, 0.5) is 0 Å². The first-order chi connectivity index (χ1) is 12.1. The van der Waals surface area contributed by atoms with E-state index in [4.69, 9.17) is 4.74 Å². The fraction of sp³-hybridized carbons (Fsp3) is 0.579. The molecule has 1 aromatic carbocycles. The number of ether oxygens (including phenoxy) is 1. The van der Waals surface area contributed by atoms with Gasteiger partial charge in [-0.2, -0.15) is 0 Å². The molecule has 6 nitrogen and oxygen atoms in total. The van der Waals surface area contributed by atoms with Crippen LogP contribution in [-0.2, 0) is 20.9 Å². The van der Waals surface area contributed by atoms with Crippen LogP contribution in [0, 0.1) is 0 Å². The summed E-state index contributed by atoms with van der Waals surface area (Å²) in [5.41, 5.74) is 0.510. The maximum atomic E-state index is 12.6. The molecule has 3 rings (SSSR count). The number of hydrogen-bond donors (Lipinski definition) is 1. The molecule has 0 aliphatic carbocycles. The smallest absolute Gasteiger partial charge is 0.328 e. The number of amides is 1. The highest BCUT2D eigenvalue weighted by Crippen LogP contribution is 2.38. The lowest BCUT2D eigenvalue weighted by atomic mass is 9.96. The molecule has 1 atom stereocenters. The Morgan fingerprint density at radius 3 is 2.52 bits per heavy atom. The molecule has 1 N–H and O–H groups in total. The van der Waals surface area contributed by atoms with Crippen molar-refractivity contribution in [3.8, 4) is 0 Å². The number of likely N-dealkylation sites (tertiary alicyclic amines) is 1. The number of carbonyl (C=O) groups is 2. The van der Waals surface area contributed by atoms with Crippen LogP contribution in [0.25, 0.3) is 0 Å². The minimum absolute atomic E-state index is 0.0868. The monoisotopic (exact) mass is 346 g/mol. The van der Waals surface area contributed by atoms with E-state index in [1.807, 2.05) is 25.1 Å². The van der Waals surface area contributed by atoms with Crippen LogP contribution >= 0.6 is 0 Å². The van der Waals surface area contributed by atoms with E-state index >= 15 is 0 Å². The lowest BCUT2D eigenvalue weighted by Crippen LogP contribution is -2.58. The Morgan fingerprint density at radius 2 is 1.92 bits per heavy atom. The van der Waals surface area contributed by atoms with Crippen molar-refractivity contribution in [2.45, 2.75) is 50.9 Å². The second-order valence-corrected chi connectivity index (χ2v) is 6.89. The van der Waals surface area contributed by atoms with Crippen molar-refractivity contribution in [3.63, 3.8) is 0 Å². The number of carboxylic acids is 1. The van der Waals surface area contributed by atoms with Gasteiger partial charge in [0.15, 0.2) is 6.04 Å². The molecule has 6 heteroatoms. The minimum atomic E-state index is -0.979. The van der Waals surface area contributed by atoms with Crippen LogP contribution in [0.3, 0.4) is 0 Å². The minimum Gasteiger partial charge on any atom is -0.480 e. The molecule has 136 valence electrons. The van der Waals surface area contributed by atoms with E-state index in [-0.39, 0.29) is 12.5 Å². The third kappa shape index (κ3) is 3.70. The Bertz CT molecular complexity index is 611. The summed E-state index contributed by atoms with van der Waals surface area (Å²) < 4.78 is 5.93. The average molecular weight is 346 g/mol. The molecule has 0 radical (unpaired) electrons. The van der Waals surface area contributed by atoms with Crippen LogP contribution in [0.15, 0.2) is 30.3 Å². The first kappa shape index (κ1) is 17.9. The van der Waals surface area contributed by atoms with Gasteiger partial charge in [0.1, 0.15) is 5.72 Å². The van der Waals surface area contributed by atoms with E-state index in [0.29, 0.717) is 25.7 Å². The summed E-state index contributed by atoms with van der Waals surface area (Å²) in [6, 6.07) is 9.42. The second-order valence-electron chi connectivity index (χ2n) is 6.89. The Balaban J connectivity index is 1.69. The van der Waals surface area contributed by atoms with E-state index in [2.05, 4.69) is 17.0 Å². The van der Waals surface area contributed by atoms with Crippen molar-refractivity contribution in [1.82, 2.24) is 9.80 Å². The summed E-state index contributed by atoms with van der Waals surface area (Å²) in [6.07, 6.45) is 2.37. The van der Waals surface area contributed by atoms with Gasteiger partial charge >= 0.3 is 5.97 Å². The van der Waals surface area contributed by atoms with Crippen LogP contribution in [-0.4, -0.2) is 58.2 Å². The van der Waals surface area contributed by atoms with Crippen molar-refractivity contribution in [1.29, 1.82) is 0 Å². The van der Waals surface area contributed by atoms with Crippen molar-refractivity contribution in [3.05, 3.63) is 35.9 Å². The van der Waals surface area contributed by atoms with Crippen LogP contribution < -0.4 is 0 Å². The maximum absolute atomic E-state index is 12.6. The Morgan fingerprint density at radius 1 is 1.24 bits per heavy atom. The summed E-state index contributed by atoms with van der Waals surface area (Å²) in [7, 11) is 0. The van der Waals surface area contributed by atoms with E-state index in [0.717, 1.165) is 19.6 Å². The number of hydrogen-bond acceptors (Lipinski definition) is 4. The molecule has 1 amide bonds. The maximum Gasteiger partial charge on any atom is 0.328 e. The highest BCUT2D eigenvalue weighted by atomic mass is 16.5. The highest BCUT2D eigenvalue weighted by molar-refractivity contribution is 5.85. The zero-order chi connectivity index (χ0) is 17.9. The van der Waals surface area contributed by atoms with Crippen LogP contribution in [0.2, 0.25) is 0 Å². The molecule has 0 saturated carbocycles. The standard InChI is InChI=1S/C19H26N2O4/c1-2-6-17(22)21-16(18(23)24)14-25-19(21)9-11-20(12-10-19)13-15-7-4-3-5-8-15/h3-5,7-8,16H,2,6,9-14H2,1H3,(H,23,24). The molecule has 2 aliphatic rings. The normalized spacial score (nSPS) is 23.1. The molecule has 2 saturated heterocycles. The average Bonchev–Trinajstić information content (AvgIpc) is 2.98. The second kappa shape index (κ2) is 7.54. The zero-order valence-electron chi connectivity index (χ0n) is 14.7. The van der Waals surface area contributed by atoms with Crippen LogP contribution in [0.1, 0.15) is 38.2 Å². The first-order valence-electron chi connectivity index (χ1n) is 9.01. The Hall–Kier alpha value is -1.92. The van der Waals surface area contributed by atoms with Gasteiger partial charge in [-0.1, -0.05) is 37.3 Å². The predicted molar refractivity (Wildman–Crippen MR) is 92.8 cm³/mol. The van der Waals surface area contributed by atoms with Gasteiger partial charge in [-0.05, 0) is 12.0 Å². The van der Waals surface area contributed by atoms with Crippen molar-refractivity contribution in [2.75, 3.05) is 19.7 Å². The Labute approximate surface area is 148 Å². The molecule has 2 aliphatic heterocycles. The van der Waals surface area contributed by atoms with Crippen molar-refractivity contribution >= 4 is 11.9 Å². The summed E-state index contributed by atoms with van der Waals surface area (Å²) in [4.78, 5) is 28.0. The lowest BCUT2D eigenvalue weighted by Gasteiger charge is -2.44. The molecule has 0 aromatic heterocycles. The lowest BCUT2D eigenvalue weighted by molar-refractivity contribution is -0.166. The van der Waals surface area contributed by atoms with Crippen LogP contribution in [0.5, 0.6) is 0 Å². The van der Waals surface area contributed by atoms with Crippen molar-refractivity contribution < 1.29 is 19.4 Å². The third-order valence-electron chi connectivity index (χ3n) is 5.16. The van der Waals surface area contributed by atoms with Gasteiger partial charge in [-0.3, -0.25) is 14.6 Å². The first-order valence-corrected chi connectivity index (χ1v) is 9.01. The van der Waals surface area contributed by atoms with Gasteiger partial charge in [0, 0.05) is 38.9 Å². The van der Waals surface area contributed by atoms with Gasteiger partial charge in [0.05, 0.1) is 6.61 Å². The molecule has 2 heterocycles. The largest absolute Gasteiger partial charge is 0.480 e. The molecular weight excluding hydrogens is 320 g/mol. The number of rotatable bonds is 5. The number of carbonyl (C=O) groups excluding carboxylic acids is 1. The molecule has 25 heavy (non-hydrogen) atoms. The van der Waals surface area contributed by atoms with Gasteiger partial charge in [0.25, 0.3) is 0 Å². The Kier molecular flexibility index (Phi) is 5.39. The number of piperidine rings is 1. The number of benzene rings is 1. The summed E-state index contributed by atoms with van der Waals surface area (Å²) >= 11 is 0. The van der Waals surface area contributed by atoms with Gasteiger partial charge < -0.3 is 9.84 Å². The fourth-order valence-electron chi connectivity index (χ4n) is 3.87.